The van der Waals surface area contributed by atoms with E-state index in [-0.39, 0.29) is 0 Å². The van der Waals surface area contributed by atoms with Crippen LogP contribution in [0.2, 0.25) is 0 Å². The van der Waals surface area contributed by atoms with Gasteiger partial charge in [0.05, 0.1) is 11.0 Å². The molecule has 1 aliphatic rings. The van der Waals surface area contributed by atoms with E-state index >= 15 is 0 Å². The number of benzene rings is 7. The van der Waals surface area contributed by atoms with Crippen LogP contribution in [0.25, 0.3) is 94.7 Å². The number of hydrogen-bond acceptors (Lipinski definition) is 3. The molecule has 9 aromatic rings. The van der Waals surface area contributed by atoms with Crippen LogP contribution >= 0.6 is 0 Å². The predicted octanol–water partition coefficient (Wildman–Crippen LogP) is 10.8. The predicted molar refractivity (Wildman–Crippen MR) is 192 cm³/mol. The van der Waals surface area contributed by atoms with Crippen molar-refractivity contribution in [3.63, 3.8) is 0 Å². The molecule has 0 amide bonds. The van der Waals surface area contributed by atoms with Gasteiger partial charge in [-0.25, -0.2) is 4.98 Å². The van der Waals surface area contributed by atoms with Gasteiger partial charge in [-0.1, -0.05) is 133 Å². The molecule has 1 aliphatic carbocycles. The lowest BCUT2D eigenvalue weighted by Gasteiger charge is -2.15. The van der Waals surface area contributed by atoms with Crippen LogP contribution in [-0.4, -0.2) is 19.5 Å². The lowest BCUT2D eigenvalue weighted by Crippen LogP contribution is -2.06. The molecule has 4 heteroatoms. The molecule has 7 aromatic carbocycles. The molecule has 0 saturated heterocycles. The van der Waals surface area contributed by atoms with Gasteiger partial charge in [0.1, 0.15) is 0 Å². The van der Waals surface area contributed by atoms with Crippen LogP contribution in [0, 0.1) is 0 Å². The topological polar surface area (TPSA) is 43.6 Å². The number of fused-ring (bicyclic) bond motifs is 3. The van der Waals surface area contributed by atoms with E-state index < -0.39 is 0 Å². The van der Waals surface area contributed by atoms with Gasteiger partial charge in [-0.05, 0) is 68.4 Å². The Hall–Kier alpha value is -6.39. The molecule has 0 fully saturated rings. The van der Waals surface area contributed by atoms with Gasteiger partial charge in [0.25, 0.3) is 0 Å². The summed E-state index contributed by atoms with van der Waals surface area (Å²) in [6.45, 7) is 0. The molecule has 4 nitrogen and oxygen atoms in total. The van der Waals surface area contributed by atoms with Crippen molar-refractivity contribution >= 4 is 32.6 Å². The molecule has 2 heterocycles. The molecule has 47 heavy (non-hydrogen) atoms. The number of nitrogens with zero attached hydrogens (tertiary/aromatic N) is 4. The second-order valence-electron chi connectivity index (χ2n) is 12.0. The first-order valence-corrected chi connectivity index (χ1v) is 15.9. The molecule has 0 unspecified atom stereocenters. The number of hydrogen-bond donors (Lipinski definition) is 0. The maximum atomic E-state index is 5.16. The molecule has 218 valence electrons. The summed E-state index contributed by atoms with van der Waals surface area (Å²) in [5.74, 6) is 1.89. The van der Waals surface area contributed by atoms with Crippen molar-refractivity contribution in [3.05, 3.63) is 158 Å². The first-order chi connectivity index (χ1) is 23.3. The largest absolute Gasteiger partial charge is 0.278 e. The fourth-order valence-corrected chi connectivity index (χ4v) is 7.31. The van der Waals surface area contributed by atoms with Gasteiger partial charge in [0.15, 0.2) is 11.6 Å². The van der Waals surface area contributed by atoms with Crippen molar-refractivity contribution in [2.75, 3.05) is 0 Å². The van der Waals surface area contributed by atoms with E-state index in [0.717, 1.165) is 22.2 Å². The Bertz CT molecular complexity index is 2600. The molecular weight excluding hydrogens is 573 g/mol. The maximum absolute atomic E-state index is 5.16. The van der Waals surface area contributed by atoms with Crippen LogP contribution in [0.15, 0.2) is 158 Å². The second-order valence-corrected chi connectivity index (χ2v) is 12.0. The Balaban J connectivity index is 1.35. The highest BCUT2D eigenvalue weighted by Gasteiger charge is 2.26. The van der Waals surface area contributed by atoms with Crippen molar-refractivity contribution in [2.24, 2.45) is 0 Å². The highest BCUT2D eigenvalue weighted by atomic mass is 15.2. The van der Waals surface area contributed by atoms with E-state index in [9.17, 15) is 0 Å². The van der Waals surface area contributed by atoms with E-state index in [1.165, 1.54) is 54.9 Å². The van der Waals surface area contributed by atoms with E-state index in [0.29, 0.717) is 17.6 Å². The van der Waals surface area contributed by atoms with E-state index in [4.69, 9.17) is 15.0 Å². The minimum atomic E-state index is 0.602. The Labute approximate surface area is 271 Å². The van der Waals surface area contributed by atoms with Gasteiger partial charge >= 0.3 is 0 Å². The zero-order chi connectivity index (χ0) is 30.9. The van der Waals surface area contributed by atoms with Crippen LogP contribution in [0.4, 0.5) is 0 Å². The zero-order valence-corrected chi connectivity index (χ0v) is 25.3. The summed E-state index contributed by atoms with van der Waals surface area (Å²) < 4.78 is 2.23. The number of aromatic nitrogens is 4. The van der Waals surface area contributed by atoms with Crippen molar-refractivity contribution in [1.82, 2.24) is 19.5 Å². The van der Waals surface area contributed by atoms with Gasteiger partial charge < -0.3 is 0 Å². The lowest BCUT2D eigenvalue weighted by molar-refractivity contribution is 0.953. The molecule has 0 aliphatic heterocycles. The van der Waals surface area contributed by atoms with Crippen LogP contribution in [-0.2, 0) is 0 Å². The summed E-state index contributed by atoms with van der Waals surface area (Å²) >= 11 is 0. The average Bonchev–Trinajstić information content (AvgIpc) is 3.43. The SMILES string of the molecule is c1ccc(-c2cc3c4c(ccc5c4c4c(cccc4n5-c4nc(-c5ccccc5)nc(-c5ccccc5)n4)-c4ccccc4-3)c2)cc1. The van der Waals surface area contributed by atoms with Crippen LogP contribution in [0.3, 0.4) is 0 Å². The van der Waals surface area contributed by atoms with Crippen LogP contribution in [0.5, 0.6) is 0 Å². The molecule has 0 bridgehead atoms. The first-order valence-electron chi connectivity index (χ1n) is 15.9. The molecule has 0 atom stereocenters. The van der Waals surface area contributed by atoms with Crippen molar-refractivity contribution < 1.29 is 0 Å². The fraction of sp³-hybridized carbons (Fsp3) is 0. The Kier molecular flexibility index (Phi) is 5.54. The third-order valence-corrected chi connectivity index (χ3v) is 9.37. The summed E-state index contributed by atoms with van der Waals surface area (Å²) in [5, 5.41) is 4.91. The molecule has 0 spiro atoms. The molecule has 0 radical (unpaired) electrons. The van der Waals surface area contributed by atoms with Crippen molar-refractivity contribution in [3.8, 4) is 62.1 Å². The van der Waals surface area contributed by atoms with E-state index in [2.05, 4.69) is 126 Å². The van der Waals surface area contributed by atoms with Crippen molar-refractivity contribution in [1.29, 1.82) is 0 Å². The second kappa shape index (κ2) is 10.1. The van der Waals surface area contributed by atoms with Gasteiger partial charge in [-0.15, -0.1) is 0 Å². The molecule has 0 N–H and O–H groups in total. The van der Waals surface area contributed by atoms with Gasteiger partial charge in [-0.2, -0.15) is 9.97 Å². The highest BCUT2D eigenvalue weighted by molar-refractivity contribution is 6.30. The van der Waals surface area contributed by atoms with E-state index in [1.807, 2.05) is 36.4 Å². The fourth-order valence-electron chi connectivity index (χ4n) is 7.31. The monoisotopic (exact) mass is 598 g/mol. The summed E-state index contributed by atoms with van der Waals surface area (Å²) in [6.07, 6.45) is 0. The standard InChI is InChI=1S/C43H26N4/c1-4-13-27(14-5-1)31-25-30-23-24-37-40-38(30)35(26-31)33-20-11-10-19-32(33)34-21-12-22-36(39(34)40)47(37)43-45-41(28-15-6-2-7-16-28)44-42(46-43)29-17-8-3-9-18-29/h1-26H. The minimum Gasteiger partial charge on any atom is -0.278 e. The Morgan fingerprint density at radius 1 is 0.340 bits per heavy atom. The molecule has 2 aromatic heterocycles. The third-order valence-electron chi connectivity index (χ3n) is 9.37. The normalized spacial score (nSPS) is 11.8. The number of rotatable bonds is 4. The summed E-state index contributed by atoms with van der Waals surface area (Å²) in [6, 6.07) is 55.6. The smallest absolute Gasteiger partial charge is 0.238 e. The lowest BCUT2D eigenvalue weighted by atomic mass is 9.90. The third kappa shape index (κ3) is 3.92. The van der Waals surface area contributed by atoms with Crippen LogP contribution in [0.1, 0.15) is 0 Å². The molecular formula is C43H26N4. The van der Waals surface area contributed by atoms with Gasteiger partial charge in [0, 0.05) is 21.9 Å². The first kappa shape index (κ1) is 25.9. The molecule has 10 rings (SSSR count). The Morgan fingerprint density at radius 2 is 0.894 bits per heavy atom. The maximum Gasteiger partial charge on any atom is 0.238 e. The summed E-state index contributed by atoms with van der Waals surface area (Å²) in [5.41, 5.74) is 11.4. The van der Waals surface area contributed by atoms with Gasteiger partial charge in [-0.3, -0.25) is 4.57 Å². The highest BCUT2D eigenvalue weighted by Crippen LogP contribution is 2.50. The quantitative estimate of drug-likeness (QED) is 0.202. The van der Waals surface area contributed by atoms with Crippen LogP contribution < -0.4 is 0 Å². The van der Waals surface area contributed by atoms with Gasteiger partial charge in [0.2, 0.25) is 5.95 Å². The average molecular weight is 599 g/mol. The molecule has 0 saturated carbocycles. The Morgan fingerprint density at radius 3 is 1.55 bits per heavy atom. The van der Waals surface area contributed by atoms with E-state index in [1.54, 1.807) is 0 Å². The summed E-state index contributed by atoms with van der Waals surface area (Å²) in [7, 11) is 0. The summed E-state index contributed by atoms with van der Waals surface area (Å²) in [4.78, 5) is 15.3. The minimum absolute atomic E-state index is 0.602. The van der Waals surface area contributed by atoms with Crippen molar-refractivity contribution in [2.45, 2.75) is 0 Å². The zero-order valence-electron chi connectivity index (χ0n) is 25.3.